The molecule has 0 amide bonds. The molecular formula is C9H18N2S. The summed E-state index contributed by atoms with van der Waals surface area (Å²) < 4.78 is 0. The van der Waals surface area contributed by atoms with Crippen molar-refractivity contribution in [3.05, 3.63) is 16.6 Å². The smallest absolute Gasteiger partial charge is 0.109 e. The van der Waals surface area contributed by atoms with Crippen molar-refractivity contribution in [1.29, 1.82) is 0 Å². The Bertz CT molecular complexity index is 169. The molecule has 1 atom stereocenters. The van der Waals surface area contributed by atoms with Crippen LogP contribution < -0.4 is 5.32 Å². The van der Waals surface area contributed by atoms with Gasteiger partial charge in [0.1, 0.15) is 5.01 Å². The van der Waals surface area contributed by atoms with Gasteiger partial charge in [-0.3, -0.25) is 0 Å². The summed E-state index contributed by atoms with van der Waals surface area (Å²) in [5, 5.41) is 6.40. The molecule has 1 heterocycles. The van der Waals surface area contributed by atoms with Crippen molar-refractivity contribution in [3.8, 4) is 0 Å². The molecule has 0 spiro atoms. The minimum Gasteiger partial charge on any atom is -0.311 e. The molecule has 0 saturated heterocycles. The summed E-state index contributed by atoms with van der Waals surface area (Å²) >= 11 is 1.71. The summed E-state index contributed by atoms with van der Waals surface area (Å²) in [4.78, 5) is 4.21. The minimum absolute atomic E-state index is 0.444. The van der Waals surface area contributed by atoms with E-state index in [4.69, 9.17) is 0 Å². The van der Waals surface area contributed by atoms with E-state index in [-0.39, 0.29) is 0 Å². The third-order valence-corrected chi connectivity index (χ3v) is 2.40. The lowest BCUT2D eigenvalue weighted by molar-refractivity contribution is 0.573. The number of nitrogens with zero attached hydrogens (tertiary/aromatic N) is 1. The second-order valence-electron chi connectivity index (χ2n) is 2.12. The van der Waals surface area contributed by atoms with Gasteiger partial charge in [-0.05, 0) is 13.5 Å². The predicted octanol–water partition coefficient (Wildman–Crippen LogP) is 2.84. The van der Waals surface area contributed by atoms with Crippen molar-refractivity contribution < 1.29 is 0 Å². The molecule has 1 rings (SSSR count). The van der Waals surface area contributed by atoms with Gasteiger partial charge in [0.05, 0.1) is 6.04 Å². The molecule has 0 aliphatic carbocycles. The fourth-order valence-corrected chi connectivity index (χ4v) is 1.74. The predicted molar refractivity (Wildman–Crippen MR) is 55.6 cm³/mol. The molecule has 1 unspecified atom stereocenters. The molecule has 2 nitrogen and oxygen atoms in total. The van der Waals surface area contributed by atoms with Gasteiger partial charge in [-0.25, -0.2) is 4.98 Å². The lowest BCUT2D eigenvalue weighted by atomic mass is 10.2. The average molecular weight is 186 g/mol. The van der Waals surface area contributed by atoms with Gasteiger partial charge in [-0.1, -0.05) is 20.8 Å². The van der Waals surface area contributed by atoms with E-state index in [1.165, 1.54) is 5.01 Å². The first-order chi connectivity index (χ1) is 5.88. The molecule has 12 heavy (non-hydrogen) atoms. The number of thiazole rings is 1. The van der Waals surface area contributed by atoms with Crippen LogP contribution >= 0.6 is 11.3 Å². The Kier molecular flexibility index (Phi) is 7.00. The zero-order valence-electron chi connectivity index (χ0n) is 8.29. The molecule has 70 valence electrons. The first-order valence-electron chi connectivity index (χ1n) is 4.45. The number of nitrogens with one attached hydrogen (secondary N) is 1. The maximum atomic E-state index is 4.21. The Morgan fingerprint density at radius 2 is 2.25 bits per heavy atom. The molecule has 0 saturated carbocycles. The van der Waals surface area contributed by atoms with E-state index < -0.39 is 0 Å². The summed E-state index contributed by atoms with van der Waals surface area (Å²) in [6.45, 7) is 6.16. The van der Waals surface area contributed by atoms with Crippen molar-refractivity contribution in [1.82, 2.24) is 10.3 Å². The molecule has 3 heteroatoms. The van der Waals surface area contributed by atoms with E-state index in [9.17, 15) is 0 Å². The number of aromatic nitrogens is 1. The number of hydrogen-bond acceptors (Lipinski definition) is 3. The van der Waals surface area contributed by atoms with Gasteiger partial charge in [-0.2, -0.15) is 0 Å². The van der Waals surface area contributed by atoms with E-state index in [0.717, 1.165) is 6.42 Å². The van der Waals surface area contributed by atoms with Crippen LogP contribution in [0.4, 0.5) is 0 Å². The van der Waals surface area contributed by atoms with Crippen molar-refractivity contribution in [3.63, 3.8) is 0 Å². The summed E-state index contributed by atoms with van der Waals surface area (Å²) in [6.07, 6.45) is 2.95. The minimum atomic E-state index is 0.444. The SMILES string of the molecule is CC.CCC(NC)c1nccs1. The molecule has 1 aromatic heterocycles. The van der Waals surface area contributed by atoms with Gasteiger partial charge < -0.3 is 5.32 Å². The molecule has 0 aliphatic rings. The van der Waals surface area contributed by atoms with E-state index in [2.05, 4.69) is 17.2 Å². The molecule has 1 N–H and O–H groups in total. The number of hydrogen-bond donors (Lipinski definition) is 1. The van der Waals surface area contributed by atoms with Crippen LogP contribution in [-0.2, 0) is 0 Å². The van der Waals surface area contributed by atoms with Crippen LogP contribution in [0.15, 0.2) is 11.6 Å². The summed E-state index contributed by atoms with van der Waals surface area (Å²) in [5.41, 5.74) is 0. The van der Waals surface area contributed by atoms with Gasteiger partial charge in [-0.15, -0.1) is 11.3 Å². The van der Waals surface area contributed by atoms with E-state index >= 15 is 0 Å². The van der Waals surface area contributed by atoms with Crippen molar-refractivity contribution in [2.45, 2.75) is 33.2 Å². The Morgan fingerprint density at radius 1 is 1.58 bits per heavy atom. The highest BCUT2D eigenvalue weighted by atomic mass is 32.1. The Labute approximate surface area is 79.0 Å². The largest absolute Gasteiger partial charge is 0.311 e. The second-order valence-corrected chi connectivity index (χ2v) is 3.05. The van der Waals surface area contributed by atoms with Gasteiger partial charge >= 0.3 is 0 Å². The van der Waals surface area contributed by atoms with Crippen LogP contribution in [0.1, 0.15) is 38.2 Å². The molecule has 0 aromatic carbocycles. The first kappa shape index (κ1) is 11.6. The molecule has 0 fully saturated rings. The average Bonchev–Trinajstić information content (AvgIpc) is 2.64. The van der Waals surface area contributed by atoms with Crippen molar-refractivity contribution in [2.24, 2.45) is 0 Å². The standard InChI is InChI=1S/C7H12N2S.C2H6/c1-3-6(8-2)7-9-4-5-10-7;1-2/h4-6,8H,3H2,1-2H3;1-2H3. The zero-order valence-corrected chi connectivity index (χ0v) is 9.11. The van der Waals surface area contributed by atoms with Crippen LogP contribution in [0.5, 0.6) is 0 Å². The zero-order chi connectivity index (χ0) is 9.40. The first-order valence-corrected chi connectivity index (χ1v) is 5.33. The fourth-order valence-electron chi connectivity index (χ4n) is 0.909. The lowest BCUT2D eigenvalue weighted by Crippen LogP contribution is -2.14. The summed E-state index contributed by atoms with van der Waals surface area (Å²) in [6, 6.07) is 0.444. The molecule has 0 radical (unpaired) electrons. The van der Waals surface area contributed by atoms with Crippen molar-refractivity contribution in [2.75, 3.05) is 7.05 Å². The third kappa shape index (κ3) is 3.32. The van der Waals surface area contributed by atoms with Crippen LogP contribution in [0.3, 0.4) is 0 Å². The number of rotatable bonds is 3. The summed E-state index contributed by atoms with van der Waals surface area (Å²) in [7, 11) is 1.97. The van der Waals surface area contributed by atoms with Crippen LogP contribution in [-0.4, -0.2) is 12.0 Å². The van der Waals surface area contributed by atoms with Crippen LogP contribution in [0, 0.1) is 0 Å². The third-order valence-electron chi connectivity index (χ3n) is 1.51. The van der Waals surface area contributed by atoms with E-state index in [1.54, 1.807) is 11.3 Å². The highest BCUT2D eigenvalue weighted by Crippen LogP contribution is 2.17. The Morgan fingerprint density at radius 3 is 2.58 bits per heavy atom. The Hall–Kier alpha value is -0.410. The van der Waals surface area contributed by atoms with E-state index in [1.807, 2.05) is 32.5 Å². The quantitative estimate of drug-likeness (QED) is 0.785. The van der Waals surface area contributed by atoms with Crippen molar-refractivity contribution >= 4 is 11.3 Å². The normalized spacial score (nSPS) is 11.7. The van der Waals surface area contributed by atoms with Gasteiger partial charge in [0.2, 0.25) is 0 Å². The molecule has 1 aromatic rings. The molecular weight excluding hydrogens is 168 g/mol. The maximum absolute atomic E-state index is 4.21. The summed E-state index contributed by atoms with van der Waals surface area (Å²) in [5.74, 6) is 0. The topological polar surface area (TPSA) is 24.9 Å². The maximum Gasteiger partial charge on any atom is 0.109 e. The van der Waals surface area contributed by atoms with E-state index in [0.29, 0.717) is 6.04 Å². The van der Waals surface area contributed by atoms with Gasteiger partial charge in [0, 0.05) is 11.6 Å². The van der Waals surface area contributed by atoms with Crippen LogP contribution in [0.25, 0.3) is 0 Å². The molecule has 0 aliphatic heterocycles. The second kappa shape index (κ2) is 7.25. The fraction of sp³-hybridized carbons (Fsp3) is 0.667. The highest BCUT2D eigenvalue weighted by molar-refractivity contribution is 7.09. The molecule has 0 bridgehead atoms. The monoisotopic (exact) mass is 186 g/mol. The lowest BCUT2D eigenvalue weighted by Gasteiger charge is -2.08. The Balaban J connectivity index is 0.000000561. The van der Waals surface area contributed by atoms with Gasteiger partial charge in [0.25, 0.3) is 0 Å². The van der Waals surface area contributed by atoms with Crippen LogP contribution in [0.2, 0.25) is 0 Å². The highest BCUT2D eigenvalue weighted by Gasteiger charge is 2.07. The van der Waals surface area contributed by atoms with Gasteiger partial charge in [0.15, 0.2) is 0 Å².